The Morgan fingerprint density at radius 2 is 2.22 bits per heavy atom. The Kier molecular flexibility index (Phi) is 6.99. The van der Waals surface area contributed by atoms with Crippen molar-refractivity contribution in [2.75, 3.05) is 31.6 Å². The monoisotopic (exact) mass is 439 g/mol. The molecule has 3 heterocycles. The first-order valence-electron chi connectivity index (χ1n) is 11.3. The van der Waals surface area contributed by atoms with Crippen molar-refractivity contribution in [3.05, 3.63) is 41.8 Å². The number of fused-ring (bicyclic) bond motifs is 1. The Morgan fingerprint density at radius 1 is 1.34 bits per heavy atom. The summed E-state index contributed by atoms with van der Waals surface area (Å²) in [5.74, 6) is 0.388. The van der Waals surface area contributed by atoms with Crippen molar-refractivity contribution in [1.29, 1.82) is 0 Å². The van der Waals surface area contributed by atoms with E-state index in [0.717, 1.165) is 67.1 Å². The van der Waals surface area contributed by atoms with Gasteiger partial charge in [-0.3, -0.25) is 4.79 Å². The van der Waals surface area contributed by atoms with Crippen molar-refractivity contribution in [2.45, 2.75) is 45.6 Å². The van der Waals surface area contributed by atoms with Crippen LogP contribution >= 0.6 is 0 Å². The SMILES string of the molecule is CCOC(=O)CCCN1CCC[C@@H](Nc2cc(C)c(-c3ccc4c(F)c[nH]c4c3)nn2)C1. The van der Waals surface area contributed by atoms with Crippen molar-refractivity contribution in [3.63, 3.8) is 0 Å². The molecule has 2 aromatic heterocycles. The Bertz CT molecular complexity index is 1080. The first-order valence-corrected chi connectivity index (χ1v) is 11.3. The van der Waals surface area contributed by atoms with Gasteiger partial charge >= 0.3 is 5.97 Å². The van der Waals surface area contributed by atoms with E-state index in [0.29, 0.717) is 24.5 Å². The minimum atomic E-state index is -0.253. The highest BCUT2D eigenvalue weighted by atomic mass is 19.1. The molecule has 1 fully saturated rings. The van der Waals surface area contributed by atoms with E-state index in [-0.39, 0.29) is 11.8 Å². The van der Waals surface area contributed by atoms with Gasteiger partial charge in [0.2, 0.25) is 0 Å². The highest BCUT2D eigenvalue weighted by molar-refractivity contribution is 5.85. The number of nitrogens with zero attached hydrogens (tertiary/aromatic N) is 3. The molecule has 170 valence electrons. The first kappa shape index (κ1) is 22.2. The maximum Gasteiger partial charge on any atom is 0.305 e. The van der Waals surface area contributed by atoms with Gasteiger partial charge in [0.25, 0.3) is 0 Å². The van der Waals surface area contributed by atoms with Crippen LogP contribution in [0.3, 0.4) is 0 Å². The maximum absolute atomic E-state index is 13.7. The number of piperidine rings is 1. The van der Waals surface area contributed by atoms with Crippen LogP contribution in [0.5, 0.6) is 0 Å². The second kappa shape index (κ2) is 10.1. The van der Waals surface area contributed by atoms with Crippen LogP contribution in [0.1, 0.15) is 38.2 Å². The summed E-state index contributed by atoms with van der Waals surface area (Å²) in [7, 11) is 0. The molecule has 2 N–H and O–H groups in total. The lowest BCUT2D eigenvalue weighted by atomic mass is 10.0. The van der Waals surface area contributed by atoms with Gasteiger partial charge in [-0.15, -0.1) is 10.2 Å². The van der Waals surface area contributed by atoms with Crippen LogP contribution in [0.4, 0.5) is 10.2 Å². The molecule has 0 bridgehead atoms. The van der Waals surface area contributed by atoms with Gasteiger partial charge in [-0.25, -0.2) is 4.39 Å². The largest absolute Gasteiger partial charge is 0.466 e. The van der Waals surface area contributed by atoms with Crippen molar-refractivity contribution in [3.8, 4) is 11.3 Å². The van der Waals surface area contributed by atoms with Crippen molar-refractivity contribution >= 4 is 22.7 Å². The van der Waals surface area contributed by atoms with Gasteiger partial charge in [-0.2, -0.15) is 0 Å². The molecule has 0 amide bonds. The molecule has 0 aliphatic carbocycles. The van der Waals surface area contributed by atoms with Crippen LogP contribution in [-0.4, -0.2) is 58.3 Å². The number of halogens is 1. The van der Waals surface area contributed by atoms with Gasteiger partial charge in [-0.05, 0) is 70.0 Å². The van der Waals surface area contributed by atoms with Crippen LogP contribution in [0.15, 0.2) is 30.5 Å². The number of anilines is 1. The molecule has 4 rings (SSSR count). The molecule has 0 spiro atoms. The molecule has 1 aliphatic rings. The topological polar surface area (TPSA) is 83.1 Å². The summed E-state index contributed by atoms with van der Waals surface area (Å²) in [5, 5.41) is 12.9. The summed E-state index contributed by atoms with van der Waals surface area (Å²) >= 11 is 0. The maximum atomic E-state index is 13.7. The standard InChI is InChI=1S/C24H30FN5O2/c1-3-32-23(31)7-5-11-30-10-4-6-18(15-30)27-22-12-16(2)24(29-28-22)17-8-9-19-20(25)14-26-21(19)13-17/h8-9,12-14,18,26H,3-7,10-11,15H2,1-2H3,(H,27,28)/t18-/m1/s1. The number of esters is 1. The number of aromatic amines is 1. The van der Waals surface area contributed by atoms with E-state index in [9.17, 15) is 9.18 Å². The normalized spacial score (nSPS) is 16.9. The molecular formula is C24H30FN5O2. The lowest BCUT2D eigenvalue weighted by Gasteiger charge is -2.33. The van der Waals surface area contributed by atoms with E-state index < -0.39 is 0 Å². The summed E-state index contributed by atoms with van der Waals surface area (Å²) in [6.45, 7) is 7.14. The second-order valence-electron chi connectivity index (χ2n) is 8.35. The Labute approximate surface area is 187 Å². The lowest BCUT2D eigenvalue weighted by Crippen LogP contribution is -2.42. The molecule has 1 saturated heterocycles. The molecule has 0 radical (unpaired) electrons. The minimum absolute atomic E-state index is 0.120. The highest BCUT2D eigenvalue weighted by Gasteiger charge is 2.20. The number of H-pyrrole nitrogens is 1. The van der Waals surface area contributed by atoms with Crippen LogP contribution in [0.2, 0.25) is 0 Å². The van der Waals surface area contributed by atoms with Gasteiger partial charge < -0.3 is 19.9 Å². The smallest absolute Gasteiger partial charge is 0.305 e. The van der Waals surface area contributed by atoms with Crippen molar-refractivity contribution in [2.24, 2.45) is 0 Å². The number of nitrogens with one attached hydrogen (secondary N) is 2. The fourth-order valence-electron chi connectivity index (χ4n) is 4.34. The first-order chi connectivity index (χ1) is 15.5. The fraction of sp³-hybridized carbons (Fsp3) is 0.458. The zero-order valence-electron chi connectivity index (χ0n) is 18.7. The van der Waals surface area contributed by atoms with Crippen LogP contribution < -0.4 is 5.32 Å². The average molecular weight is 440 g/mol. The van der Waals surface area contributed by atoms with E-state index in [1.165, 1.54) is 6.20 Å². The summed E-state index contributed by atoms with van der Waals surface area (Å²) < 4.78 is 18.7. The Balaban J connectivity index is 1.36. The van der Waals surface area contributed by atoms with Gasteiger partial charge in [0.15, 0.2) is 0 Å². The number of aromatic nitrogens is 3. The van der Waals surface area contributed by atoms with Gasteiger partial charge in [0.1, 0.15) is 11.6 Å². The molecular weight excluding hydrogens is 409 g/mol. The third kappa shape index (κ3) is 5.24. The summed E-state index contributed by atoms with van der Waals surface area (Å²) in [6.07, 6.45) is 4.83. The molecule has 1 atom stereocenters. The highest BCUT2D eigenvalue weighted by Crippen LogP contribution is 2.27. The number of ether oxygens (including phenoxy) is 1. The van der Waals surface area contributed by atoms with Gasteiger partial charge in [0, 0.05) is 41.7 Å². The average Bonchev–Trinajstić information content (AvgIpc) is 3.14. The number of carbonyl (C=O) groups is 1. The van der Waals surface area contributed by atoms with Crippen LogP contribution in [0.25, 0.3) is 22.2 Å². The predicted molar refractivity (Wildman–Crippen MR) is 123 cm³/mol. The summed E-state index contributed by atoms with van der Waals surface area (Å²) in [5.41, 5.74) is 3.45. The number of carbonyl (C=O) groups excluding carboxylic acids is 1. The third-order valence-electron chi connectivity index (χ3n) is 5.91. The molecule has 32 heavy (non-hydrogen) atoms. The minimum Gasteiger partial charge on any atom is -0.466 e. The molecule has 8 heteroatoms. The molecule has 7 nitrogen and oxygen atoms in total. The number of likely N-dealkylation sites (tertiary alicyclic amines) is 1. The summed E-state index contributed by atoms with van der Waals surface area (Å²) in [4.78, 5) is 16.9. The molecule has 0 saturated carbocycles. The fourth-order valence-corrected chi connectivity index (χ4v) is 4.34. The second-order valence-corrected chi connectivity index (χ2v) is 8.35. The molecule has 0 unspecified atom stereocenters. The number of aryl methyl sites for hydroxylation is 1. The predicted octanol–water partition coefficient (Wildman–Crippen LogP) is 4.29. The van der Waals surface area contributed by atoms with Crippen molar-refractivity contribution in [1.82, 2.24) is 20.1 Å². The van der Waals surface area contributed by atoms with Crippen LogP contribution in [-0.2, 0) is 9.53 Å². The number of hydrogen-bond donors (Lipinski definition) is 2. The summed E-state index contributed by atoms with van der Waals surface area (Å²) in [6, 6.07) is 7.85. The Hall–Kier alpha value is -3.00. The zero-order chi connectivity index (χ0) is 22.5. The third-order valence-corrected chi connectivity index (χ3v) is 5.91. The molecule has 3 aromatic rings. The molecule has 1 aromatic carbocycles. The quantitative estimate of drug-likeness (QED) is 0.510. The van der Waals surface area contributed by atoms with E-state index >= 15 is 0 Å². The van der Waals surface area contributed by atoms with E-state index in [1.807, 2.05) is 32.0 Å². The lowest BCUT2D eigenvalue weighted by molar-refractivity contribution is -0.143. The van der Waals surface area contributed by atoms with E-state index in [4.69, 9.17) is 4.74 Å². The van der Waals surface area contributed by atoms with Gasteiger partial charge in [-0.1, -0.05) is 6.07 Å². The number of benzene rings is 1. The van der Waals surface area contributed by atoms with E-state index in [1.54, 1.807) is 6.07 Å². The number of rotatable bonds is 8. The van der Waals surface area contributed by atoms with Crippen LogP contribution in [0, 0.1) is 12.7 Å². The zero-order valence-corrected chi connectivity index (χ0v) is 18.7. The molecule has 1 aliphatic heterocycles. The van der Waals surface area contributed by atoms with E-state index in [2.05, 4.69) is 25.4 Å². The number of hydrogen-bond acceptors (Lipinski definition) is 6. The van der Waals surface area contributed by atoms with Gasteiger partial charge in [0.05, 0.1) is 12.3 Å². The Morgan fingerprint density at radius 3 is 3.03 bits per heavy atom. The van der Waals surface area contributed by atoms with Crippen molar-refractivity contribution < 1.29 is 13.9 Å².